The van der Waals surface area contributed by atoms with E-state index in [1.807, 2.05) is 0 Å². The molecule has 0 bridgehead atoms. The maximum atomic E-state index is 12.4. The second kappa shape index (κ2) is 8.49. The second-order valence-corrected chi connectivity index (χ2v) is 7.46. The van der Waals surface area contributed by atoms with Crippen molar-refractivity contribution >= 4 is 33.6 Å². The molecule has 0 atom stereocenters. The van der Waals surface area contributed by atoms with E-state index in [0.717, 1.165) is 6.07 Å². The van der Waals surface area contributed by atoms with E-state index in [1.54, 1.807) is 0 Å². The number of nitrogens with zero attached hydrogens (tertiary/aromatic N) is 1. The minimum atomic E-state index is -4.05. The van der Waals surface area contributed by atoms with Crippen molar-refractivity contribution in [2.45, 2.75) is 4.90 Å². The molecule has 0 unspecified atom stereocenters. The zero-order valence-corrected chi connectivity index (χ0v) is 16.2. The lowest BCUT2D eigenvalue weighted by atomic mass is 10.2. The van der Waals surface area contributed by atoms with Crippen LogP contribution >= 0.6 is 11.6 Å². The van der Waals surface area contributed by atoms with Crippen molar-refractivity contribution in [2.24, 2.45) is 0 Å². The summed E-state index contributed by atoms with van der Waals surface area (Å²) in [7, 11) is -0.417. The largest absolute Gasteiger partial charge is 0.465 e. The lowest BCUT2D eigenvalue weighted by molar-refractivity contribution is -0.0258. The Hall–Kier alpha value is -2.46. The van der Waals surface area contributed by atoms with E-state index in [4.69, 9.17) is 21.2 Å². The van der Waals surface area contributed by atoms with Crippen LogP contribution in [0.3, 0.4) is 0 Å². The van der Waals surface area contributed by atoms with Gasteiger partial charge in [0.2, 0.25) is 0 Å². The Bertz CT molecular complexity index is 958. The number of rotatable bonds is 6. The molecule has 2 aromatic rings. The maximum absolute atomic E-state index is 12.4. The minimum Gasteiger partial charge on any atom is -0.465 e. The van der Waals surface area contributed by atoms with Crippen molar-refractivity contribution in [1.82, 2.24) is 4.47 Å². The van der Waals surface area contributed by atoms with Gasteiger partial charge in [0.25, 0.3) is 10.0 Å². The Kier molecular flexibility index (Phi) is 6.55. The Labute approximate surface area is 161 Å². The van der Waals surface area contributed by atoms with E-state index in [9.17, 15) is 18.0 Å². The lowest BCUT2D eigenvalue weighted by Gasteiger charge is -2.15. The highest BCUT2D eigenvalue weighted by atomic mass is 35.5. The van der Waals surface area contributed by atoms with Crippen LogP contribution in [0.15, 0.2) is 47.4 Å². The van der Waals surface area contributed by atoms with Gasteiger partial charge < -0.3 is 9.47 Å². The smallest absolute Gasteiger partial charge is 0.343 e. The SMILES string of the molecule is COC(=O)c1ccc(OC(=O)c2ccc(Cl)c(S(=O)(=O)N(C)OC)c2)cc1. The molecule has 0 N–H and O–H groups in total. The average molecular weight is 414 g/mol. The van der Waals surface area contributed by atoms with Crippen molar-refractivity contribution in [1.29, 1.82) is 0 Å². The molecule has 0 aliphatic rings. The van der Waals surface area contributed by atoms with E-state index in [2.05, 4.69) is 4.74 Å². The molecule has 0 spiro atoms. The number of ether oxygens (including phenoxy) is 2. The molecule has 0 fully saturated rings. The highest BCUT2D eigenvalue weighted by molar-refractivity contribution is 7.89. The molecule has 0 heterocycles. The number of methoxy groups -OCH3 is 1. The predicted molar refractivity (Wildman–Crippen MR) is 96.1 cm³/mol. The summed E-state index contributed by atoms with van der Waals surface area (Å²) in [5, 5.41) is -0.0714. The summed E-state index contributed by atoms with van der Waals surface area (Å²) in [6.45, 7) is 0. The number of hydrogen-bond acceptors (Lipinski definition) is 7. The number of carbonyl (C=O) groups is 2. The van der Waals surface area contributed by atoms with E-state index in [1.165, 1.54) is 57.7 Å². The van der Waals surface area contributed by atoms with Gasteiger partial charge in [-0.1, -0.05) is 16.1 Å². The Morgan fingerprint density at radius 3 is 2.11 bits per heavy atom. The van der Waals surface area contributed by atoms with Gasteiger partial charge in [0, 0.05) is 7.05 Å². The Balaban J connectivity index is 2.27. The summed E-state index contributed by atoms with van der Waals surface area (Å²) in [5.74, 6) is -1.15. The summed E-state index contributed by atoms with van der Waals surface area (Å²) in [6, 6.07) is 9.39. The third kappa shape index (κ3) is 4.64. The van der Waals surface area contributed by atoms with Crippen molar-refractivity contribution in [2.75, 3.05) is 21.3 Å². The zero-order valence-electron chi connectivity index (χ0n) is 14.6. The molecule has 0 amide bonds. The van der Waals surface area contributed by atoms with Crippen LogP contribution in [-0.4, -0.2) is 46.1 Å². The molecule has 2 aromatic carbocycles. The zero-order chi connectivity index (χ0) is 20.2. The van der Waals surface area contributed by atoms with Gasteiger partial charge in [-0.25, -0.2) is 18.0 Å². The van der Waals surface area contributed by atoms with Crippen molar-refractivity contribution in [3.8, 4) is 5.75 Å². The number of halogens is 1. The molecule has 144 valence electrons. The number of carbonyl (C=O) groups excluding carboxylic acids is 2. The Morgan fingerprint density at radius 1 is 0.963 bits per heavy atom. The van der Waals surface area contributed by atoms with Gasteiger partial charge in [-0.3, -0.25) is 4.84 Å². The van der Waals surface area contributed by atoms with Gasteiger partial charge >= 0.3 is 11.9 Å². The van der Waals surface area contributed by atoms with E-state index in [-0.39, 0.29) is 21.2 Å². The molecule has 2 rings (SSSR count). The number of hydroxylamine groups is 1. The fraction of sp³-hybridized carbons (Fsp3) is 0.176. The highest BCUT2D eigenvalue weighted by Crippen LogP contribution is 2.26. The third-order valence-corrected chi connectivity index (χ3v) is 5.69. The van der Waals surface area contributed by atoms with Crippen LogP contribution < -0.4 is 4.74 Å². The van der Waals surface area contributed by atoms with Crippen LogP contribution in [0.4, 0.5) is 0 Å². The van der Waals surface area contributed by atoms with Crippen LogP contribution in [0.1, 0.15) is 20.7 Å². The summed E-state index contributed by atoms with van der Waals surface area (Å²) >= 11 is 5.95. The van der Waals surface area contributed by atoms with Crippen LogP contribution in [-0.2, 0) is 19.6 Å². The monoisotopic (exact) mass is 413 g/mol. The standard InChI is InChI=1S/C17H16ClNO7S/c1-19(25-3)27(22,23)15-10-12(6-9-14(15)18)17(21)26-13-7-4-11(5-8-13)16(20)24-2/h4-10H,1-3H3. The topological polar surface area (TPSA) is 99.2 Å². The number of hydrogen-bond donors (Lipinski definition) is 0. The number of esters is 2. The molecule has 0 aromatic heterocycles. The molecule has 0 saturated heterocycles. The van der Waals surface area contributed by atoms with Gasteiger partial charge in [0.1, 0.15) is 10.6 Å². The Morgan fingerprint density at radius 2 is 1.56 bits per heavy atom. The number of sulfonamides is 1. The van der Waals surface area contributed by atoms with Crippen LogP contribution in [0, 0.1) is 0 Å². The fourth-order valence-electron chi connectivity index (χ4n) is 2.01. The van der Waals surface area contributed by atoms with Crippen molar-refractivity contribution in [3.63, 3.8) is 0 Å². The first kappa shape index (κ1) is 20.8. The molecule has 10 heteroatoms. The maximum Gasteiger partial charge on any atom is 0.343 e. The van der Waals surface area contributed by atoms with E-state index in [0.29, 0.717) is 10.0 Å². The van der Waals surface area contributed by atoms with Gasteiger partial charge in [-0.15, -0.1) is 0 Å². The summed E-state index contributed by atoms with van der Waals surface area (Å²) < 4.78 is 35.1. The molecule has 0 radical (unpaired) electrons. The molecule has 0 aliphatic heterocycles. The molecular formula is C17H16ClNO7S. The van der Waals surface area contributed by atoms with E-state index < -0.39 is 22.0 Å². The second-order valence-electron chi connectivity index (χ2n) is 5.15. The van der Waals surface area contributed by atoms with Crippen LogP contribution in [0.2, 0.25) is 5.02 Å². The van der Waals surface area contributed by atoms with Crippen molar-refractivity contribution in [3.05, 3.63) is 58.6 Å². The van der Waals surface area contributed by atoms with Gasteiger partial charge in [0.15, 0.2) is 0 Å². The van der Waals surface area contributed by atoms with Gasteiger partial charge in [-0.2, -0.15) is 0 Å². The number of benzene rings is 2. The first-order valence-corrected chi connectivity index (χ1v) is 9.25. The van der Waals surface area contributed by atoms with Gasteiger partial charge in [0.05, 0.1) is 30.4 Å². The van der Waals surface area contributed by atoms with Crippen LogP contribution in [0.25, 0.3) is 0 Å². The summed E-state index contributed by atoms with van der Waals surface area (Å²) in [5.41, 5.74) is 0.263. The third-order valence-electron chi connectivity index (χ3n) is 3.53. The lowest BCUT2D eigenvalue weighted by Crippen LogP contribution is -2.26. The molecule has 0 saturated carbocycles. The molecule has 8 nitrogen and oxygen atoms in total. The molecule has 27 heavy (non-hydrogen) atoms. The fourth-order valence-corrected chi connectivity index (χ4v) is 3.48. The highest BCUT2D eigenvalue weighted by Gasteiger charge is 2.25. The van der Waals surface area contributed by atoms with Crippen molar-refractivity contribution < 1.29 is 32.3 Å². The predicted octanol–water partition coefficient (Wildman–Crippen LogP) is 2.53. The normalized spacial score (nSPS) is 11.3. The minimum absolute atomic E-state index is 0.0282. The molecule has 0 aliphatic carbocycles. The van der Waals surface area contributed by atoms with E-state index >= 15 is 0 Å². The first-order chi connectivity index (χ1) is 12.7. The van der Waals surface area contributed by atoms with Gasteiger partial charge in [-0.05, 0) is 42.5 Å². The van der Waals surface area contributed by atoms with Crippen LogP contribution in [0.5, 0.6) is 5.75 Å². The average Bonchev–Trinajstić information content (AvgIpc) is 2.67. The summed E-state index contributed by atoms with van der Waals surface area (Å²) in [6.07, 6.45) is 0. The quantitative estimate of drug-likeness (QED) is 0.407. The first-order valence-electron chi connectivity index (χ1n) is 7.44. The summed E-state index contributed by atoms with van der Waals surface area (Å²) in [4.78, 5) is 28.1. The molecular weight excluding hydrogens is 398 g/mol.